The van der Waals surface area contributed by atoms with Gasteiger partial charge in [0.05, 0.1) is 30.4 Å². The summed E-state index contributed by atoms with van der Waals surface area (Å²) in [4.78, 5) is 32.0. The van der Waals surface area contributed by atoms with Crippen LogP contribution in [0.4, 0.5) is 0 Å². The van der Waals surface area contributed by atoms with Gasteiger partial charge in [-0.25, -0.2) is 0 Å². The Labute approximate surface area is 290 Å². The number of carboxylic acids is 1. The molecule has 2 unspecified atom stereocenters. The van der Waals surface area contributed by atoms with E-state index in [1.54, 1.807) is 24.4 Å². The summed E-state index contributed by atoms with van der Waals surface area (Å²) >= 11 is 6.80. The van der Waals surface area contributed by atoms with Gasteiger partial charge in [0.1, 0.15) is 42.2 Å². The number of hydrogen-bond acceptors (Lipinski definition) is 9. The van der Waals surface area contributed by atoms with Gasteiger partial charge in [-0.15, -0.1) is 0 Å². The van der Waals surface area contributed by atoms with Gasteiger partial charge in [0.25, 0.3) is 0 Å². The zero-order chi connectivity index (χ0) is 35.0. The van der Waals surface area contributed by atoms with Gasteiger partial charge in [-0.3, -0.25) is 19.9 Å². The maximum Gasteiger partial charge on any atom is 0.323 e. The van der Waals surface area contributed by atoms with E-state index in [1.807, 2.05) is 67.3 Å². The number of halogens is 1. The Balaban J connectivity index is 1.49. The van der Waals surface area contributed by atoms with Gasteiger partial charge < -0.3 is 29.3 Å². The molecule has 1 aliphatic carbocycles. The summed E-state index contributed by atoms with van der Waals surface area (Å²) < 4.78 is 18.2. The average Bonchev–Trinajstić information content (AvgIpc) is 3.11. The molecule has 3 aromatic rings. The Morgan fingerprint density at radius 3 is 2.57 bits per heavy atom. The van der Waals surface area contributed by atoms with E-state index in [0.29, 0.717) is 48.7 Å². The highest BCUT2D eigenvalue weighted by Crippen LogP contribution is 2.53. The summed E-state index contributed by atoms with van der Waals surface area (Å²) in [7, 11) is 0. The number of nitriles is 1. The molecular weight excluding hydrogens is 648 g/mol. The number of benzene rings is 2. The van der Waals surface area contributed by atoms with E-state index >= 15 is 0 Å². The zero-order valence-electron chi connectivity index (χ0n) is 27.4. The SMILES string of the molecule is CC1(C)C(c2ccccc2)=CC=CC1(COc1cc(OCc2cncc(C#N)c2)c(CNC(CO)C(=O)O)cc1Cl)C(=O)N1CCOCC1. The summed E-state index contributed by atoms with van der Waals surface area (Å²) in [5.41, 5.74) is 1.65. The maximum atomic E-state index is 14.6. The third-order valence-electron chi connectivity index (χ3n) is 9.11. The molecule has 0 saturated carbocycles. The van der Waals surface area contributed by atoms with Crippen LogP contribution < -0.4 is 14.8 Å². The first-order valence-electron chi connectivity index (χ1n) is 15.9. The van der Waals surface area contributed by atoms with Gasteiger partial charge in [-0.2, -0.15) is 5.26 Å². The first kappa shape index (κ1) is 35.6. The summed E-state index contributed by atoms with van der Waals surface area (Å²) in [5, 5.41) is 31.3. The topological polar surface area (TPSA) is 154 Å². The molecule has 0 spiro atoms. The summed E-state index contributed by atoms with van der Waals surface area (Å²) in [6, 6.07) is 15.7. The lowest BCUT2D eigenvalue weighted by Crippen LogP contribution is -2.57. The van der Waals surface area contributed by atoms with Crippen molar-refractivity contribution in [2.45, 2.75) is 33.0 Å². The third-order valence-corrected chi connectivity index (χ3v) is 9.40. The molecule has 1 aromatic heterocycles. The van der Waals surface area contributed by atoms with Crippen LogP contribution in [-0.2, 0) is 27.5 Å². The van der Waals surface area contributed by atoms with Crippen LogP contribution in [0.1, 0.15) is 36.1 Å². The normalized spacial score (nSPS) is 19.0. The number of morpholine rings is 1. The molecule has 3 N–H and O–H groups in total. The quantitative estimate of drug-likeness (QED) is 0.232. The molecule has 2 atom stereocenters. The second-order valence-corrected chi connectivity index (χ2v) is 12.8. The Kier molecular flexibility index (Phi) is 11.4. The molecule has 12 heteroatoms. The molecule has 11 nitrogen and oxygen atoms in total. The summed E-state index contributed by atoms with van der Waals surface area (Å²) in [5.74, 6) is -0.707. The first-order chi connectivity index (χ1) is 23.6. The van der Waals surface area contributed by atoms with Gasteiger partial charge >= 0.3 is 5.97 Å². The minimum atomic E-state index is -1.21. The van der Waals surface area contributed by atoms with Crippen LogP contribution in [0.5, 0.6) is 11.5 Å². The number of rotatable bonds is 13. The number of aromatic nitrogens is 1. The van der Waals surface area contributed by atoms with Crippen LogP contribution >= 0.6 is 11.6 Å². The molecule has 5 rings (SSSR count). The van der Waals surface area contributed by atoms with Crippen molar-refractivity contribution in [2.24, 2.45) is 10.8 Å². The van der Waals surface area contributed by atoms with Gasteiger partial charge in [-0.1, -0.05) is 74.0 Å². The molecule has 2 heterocycles. The molecule has 1 saturated heterocycles. The number of aliphatic carboxylic acids is 1. The molecular formula is C37H39ClN4O7. The van der Waals surface area contributed by atoms with Crippen molar-refractivity contribution in [1.82, 2.24) is 15.2 Å². The predicted molar refractivity (Wildman–Crippen MR) is 183 cm³/mol. The number of allylic oxidation sites excluding steroid dienone is 3. The fraction of sp³-hybridized carbons (Fsp3) is 0.351. The predicted octanol–water partition coefficient (Wildman–Crippen LogP) is 4.62. The van der Waals surface area contributed by atoms with E-state index in [2.05, 4.69) is 16.4 Å². The number of amides is 1. The fourth-order valence-electron chi connectivity index (χ4n) is 6.12. The second kappa shape index (κ2) is 15.7. The number of pyridine rings is 1. The minimum absolute atomic E-state index is 0.00377. The molecule has 0 radical (unpaired) electrons. The van der Waals surface area contributed by atoms with Crippen molar-refractivity contribution < 1.29 is 34.0 Å². The number of hydrogen-bond donors (Lipinski definition) is 3. The highest BCUT2D eigenvalue weighted by atomic mass is 35.5. The van der Waals surface area contributed by atoms with Crippen molar-refractivity contribution >= 4 is 29.1 Å². The number of nitrogens with zero attached hydrogens (tertiary/aromatic N) is 3. The highest BCUT2D eigenvalue weighted by Gasteiger charge is 2.54. The van der Waals surface area contributed by atoms with Crippen LogP contribution in [0.2, 0.25) is 5.02 Å². The van der Waals surface area contributed by atoms with E-state index in [1.165, 1.54) is 6.20 Å². The van der Waals surface area contributed by atoms with Gasteiger partial charge in [0, 0.05) is 54.6 Å². The fourth-order valence-corrected chi connectivity index (χ4v) is 6.36. The number of carboxylic acid groups (broad SMARTS) is 1. The van der Waals surface area contributed by atoms with Crippen LogP contribution in [0, 0.1) is 22.2 Å². The van der Waals surface area contributed by atoms with E-state index in [0.717, 1.165) is 11.1 Å². The first-order valence-corrected chi connectivity index (χ1v) is 16.3. The largest absolute Gasteiger partial charge is 0.490 e. The van der Waals surface area contributed by atoms with E-state index in [9.17, 15) is 25.1 Å². The summed E-state index contributed by atoms with van der Waals surface area (Å²) in [6.45, 7) is 5.29. The van der Waals surface area contributed by atoms with Crippen molar-refractivity contribution in [3.63, 3.8) is 0 Å². The van der Waals surface area contributed by atoms with Crippen molar-refractivity contribution in [1.29, 1.82) is 5.26 Å². The van der Waals surface area contributed by atoms with Crippen molar-refractivity contribution in [3.05, 3.63) is 106 Å². The molecule has 0 bridgehead atoms. The van der Waals surface area contributed by atoms with Crippen LogP contribution in [0.25, 0.3) is 5.57 Å². The molecule has 2 aliphatic rings. The third kappa shape index (κ3) is 7.79. The summed E-state index contributed by atoms with van der Waals surface area (Å²) in [6.07, 6.45) is 8.88. The number of nitrogens with one attached hydrogen (secondary N) is 1. The van der Waals surface area contributed by atoms with E-state index < -0.39 is 29.4 Å². The van der Waals surface area contributed by atoms with Crippen LogP contribution in [0.15, 0.2) is 79.2 Å². The maximum absolute atomic E-state index is 14.6. The monoisotopic (exact) mass is 686 g/mol. The molecule has 1 aliphatic heterocycles. The lowest BCUT2D eigenvalue weighted by atomic mass is 9.58. The molecule has 49 heavy (non-hydrogen) atoms. The smallest absolute Gasteiger partial charge is 0.323 e. The van der Waals surface area contributed by atoms with Gasteiger partial charge in [0.15, 0.2) is 0 Å². The molecule has 1 amide bonds. The molecule has 256 valence electrons. The highest BCUT2D eigenvalue weighted by molar-refractivity contribution is 6.32. The van der Waals surface area contributed by atoms with Gasteiger partial charge in [0.2, 0.25) is 5.91 Å². The number of carbonyl (C=O) groups excluding carboxylic acids is 1. The zero-order valence-corrected chi connectivity index (χ0v) is 28.2. The Morgan fingerprint density at radius 1 is 1.12 bits per heavy atom. The lowest BCUT2D eigenvalue weighted by Gasteiger charge is -2.49. The van der Waals surface area contributed by atoms with Crippen molar-refractivity contribution in [2.75, 3.05) is 39.5 Å². The second-order valence-electron chi connectivity index (χ2n) is 12.4. The molecule has 1 fully saturated rings. The van der Waals surface area contributed by atoms with E-state index in [4.69, 9.17) is 25.8 Å². The number of aliphatic hydroxyl groups is 1. The van der Waals surface area contributed by atoms with Gasteiger partial charge in [-0.05, 0) is 23.3 Å². The number of aliphatic hydroxyl groups excluding tert-OH is 1. The van der Waals surface area contributed by atoms with Crippen molar-refractivity contribution in [3.8, 4) is 17.6 Å². The van der Waals surface area contributed by atoms with E-state index in [-0.39, 0.29) is 36.4 Å². The Morgan fingerprint density at radius 2 is 1.88 bits per heavy atom. The Hall–Kier alpha value is -4.73. The average molecular weight is 687 g/mol. The minimum Gasteiger partial charge on any atom is -0.490 e. The standard InChI is InChI=1S/C37H39ClN4O7/c1-36(2)29(27-7-4-3-5-8-27)9-6-10-37(36,35(46)42-11-13-47-14-12-42)24-49-33-17-32(48-23-26-15-25(18-39)19-40-20-26)28(16-30(33)38)21-41-31(22-43)34(44)45/h3-10,15-17,19-20,31,41,43H,11-14,21-24H2,1-2H3,(H,44,45). The Bertz CT molecular complexity index is 1770. The molecule has 2 aromatic carbocycles. The lowest BCUT2D eigenvalue weighted by molar-refractivity contribution is -0.150. The van der Waals surface area contributed by atoms with Crippen LogP contribution in [0.3, 0.4) is 0 Å². The number of carbonyl (C=O) groups is 2. The van der Waals surface area contributed by atoms with Crippen LogP contribution in [-0.4, -0.2) is 77.5 Å². The number of ether oxygens (including phenoxy) is 3.